The maximum Gasteiger partial charge on any atom is 0.00732 e. The third-order valence-electron chi connectivity index (χ3n) is 2.65. The zero-order chi connectivity index (χ0) is 9.52. The first-order valence-corrected chi connectivity index (χ1v) is 5.32. The van der Waals surface area contributed by atoms with Crippen molar-refractivity contribution < 1.29 is 0 Å². The molecule has 0 aromatic carbocycles. The van der Waals surface area contributed by atoms with Gasteiger partial charge in [0, 0.05) is 6.04 Å². The number of nitrogens with one attached hydrogen (secondary N) is 1. The second-order valence-electron chi connectivity index (χ2n) is 3.98. The molecule has 2 atom stereocenters. The summed E-state index contributed by atoms with van der Waals surface area (Å²) in [5.74, 6) is 0.859. The average Bonchev–Trinajstić information content (AvgIpc) is 2.17. The van der Waals surface area contributed by atoms with E-state index < -0.39 is 0 Å². The van der Waals surface area contributed by atoms with Gasteiger partial charge in [0.25, 0.3) is 0 Å². The van der Waals surface area contributed by atoms with Crippen LogP contribution in [0.15, 0.2) is 24.8 Å². The van der Waals surface area contributed by atoms with Crippen molar-refractivity contribution in [1.29, 1.82) is 0 Å². The normalized spacial score (nSPS) is 24.2. The summed E-state index contributed by atoms with van der Waals surface area (Å²) in [7, 11) is 0. The van der Waals surface area contributed by atoms with Gasteiger partial charge in [-0.25, -0.2) is 0 Å². The lowest BCUT2D eigenvalue weighted by Crippen LogP contribution is -2.31. The summed E-state index contributed by atoms with van der Waals surface area (Å²) in [6.07, 6.45) is 11.5. The topological polar surface area (TPSA) is 12.0 Å². The van der Waals surface area contributed by atoms with Crippen LogP contribution < -0.4 is 5.32 Å². The Morgan fingerprint density at radius 1 is 1.62 bits per heavy atom. The number of hydrogen-bond donors (Lipinski definition) is 1. The molecule has 0 amide bonds. The Morgan fingerprint density at radius 3 is 3.08 bits per heavy atom. The summed E-state index contributed by atoms with van der Waals surface area (Å²) in [4.78, 5) is 0. The lowest BCUT2D eigenvalue weighted by atomic mass is 9.94. The maximum atomic E-state index is 3.74. The van der Waals surface area contributed by atoms with Gasteiger partial charge in [-0.1, -0.05) is 18.2 Å². The van der Waals surface area contributed by atoms with Crippen molar-refractivity contribution in [2.45, 2.75) is 38.6 Å². The molecule has 0 aliphatic heterocycles. The van der Waals surface area contributed by atoms with E-state index in [0.717, 1.165) is 12.3 Å². The first-order chi connectivity index (χ1) is 6.33. The highest BCUT2D eigenvalue weighted by molar-refractivity contribution is 4.90. The fraction of sp³-hybridized carbons (Fsp3) is 0.667. The van der Waals surface area contributed by atoms with Crippen molar-refractivity contribution in [3.63, 3.8) is 0 Å². The third-order valence-corrected chi connectivity index (χ3v) is 2.65. The molecule has 0 aromatic rings. The predicted octanol–water partition coefficient (Wildman–Crippen LogP) is 2.90. The number of hydrogen-bond acceptors (Lipinski definition) is 1. The Labute approximate surface area is 81.9 Å². The van der Waals surface area contributed by atoms with Gasteiger partial charge in [0.1, 0.15) is 0 Å². The van der Waals surface area contributed by atoms with Gasteiger partial charge in [-0.2, -0.15) is 0 Å². The van der Waals surface area contributed by atoms with Crippen LogP contribution in [-0.2, 0) is 0 Å². The molecule has 0 spiro atoms. The Kier molecular flexibility index (Phi) is 4.84. The smallest absolute Gasteiger partial charge is 0.00732 e. The summed E-state index contributed by atoms with van der Waals surface area (Å²) < 4.78 is 0. The van der Waals surface area contributed by atoms with Crippen molar-refractivity contribution >= 4 is 0 Å². The van der Waals surface area contributed by atoms with E-state index in [1.54, 1.807) is 0 Å². The van der Waals surface area contributed by atoms with E-state index in [0.29, 0.717) is 6.04 Å². The minimum Gasteiger partial charge on any atom is -0.314 e. The zero-order valence-corrected chi connectivity index (χ0v) is 8.63. The van der Waals surface area contributed by atoms with Gasteiger partial charge in [0.2, 0.25) is 0 Å². The second kappa shape index (κ2) is 5.98. The van der Waals surface area contributed by atoms with Crippen molar-refractivity contribution in [2.24, 2.45) is 5.92 Å². The van der Waals surface area contributed by atoms with Crippen LogP contribution in [0.1, 0.15) is 32.6 Å². The Hall–Kier alpha value is -0.560. The quantitative estimate of drug-likeness (QED) is 0.640. The van der Waals surface area contributed by atoms with Crippen LogP contribution in [0.4, 0.5) is 0 Å². The van der Waals surface area contributed by atoms with Crippen molar-refractivity contribution in [3.05, 3.63) is 24.8 Å². The van der Waals surface area contributed by atoms with Crippen LogP contribution in [0.3, 0.4) is 0 Å². The highest BCUT2D eigenvalue weighted by Crippen LogP contribution is 2.17. The number of allylic oxidation sites excluding steroid dienone is 2. The minimum atomic E-state index is 0.586. The molecule has 0 bridgehead atoms. The van der Waals surface area contributed by atoms with Gasteiger partial charge in [0.15, 0.2) is 0 Å². The molecule has 1 aliphatic rings. The van der Waals surface area contributed by atoms with Gasteiger partial charge < -0.3 is 5.32 Å². The highest BCUT2D eigenvalue weighted by Gasteiger charge is 2.10. The summed E-state index contributed by atoms with van der Waals surface area (Å²) in [6, 6.07) is 0.586. The van der Waals surface area contributed by atoms with Gasteiger partial charge in [-0.05, 0) is 45.1 Å². The molecule has 74 valence electrons. The van der Waals surface area contributed by atoms with Gasteiger partial charge in [0.05, 0.1) is 0 Å². The van der Waals surface area contributed by atoms with Gasteiger partial charge >= 0.3 is 0 Å². The maximum absolute atomic E-state index is 3.74. The standard InChI is InChI=1S/C12H21N/c1-3-7-11(2)13-10-12-8-5-4-6-9-12/h3-5,11-13H,1,6-10H2,2H3. The van der Waals surface area contributed by atoms with E-state index in [2.05, 4.69) is 31.0 Å². The average molecular weight is 179 g/mol. The summed E-state index contributed by atoms with van der Waals surface area (Å²) in [5.41, 5.74) is 0. The molecule has 0 aromatic heterocycles. The molecule has 0 fully saturated rings. The lowest BCUT2D eigenvalue weighted by Gasteiger charge is -2.20. The van der Waals surface area contributed by atoms with Crippen molar-refractivity contribution in [1.82, 2.24) is 5.32 Å². The van der Waals surface area contributed by atoms with E-state index >= 15 is 0 Å². The van der Waals surface area contributed by atoms with Crippen LogP contribution in [0.2, 0.25) is 0 Å². The molecule has 1 heteroatoms. The van der Waals surface area contributed by atoms with E-state index in [4.69, 9.17) is 0 Å². The fourth-order valence-electron chi connectivity index (χ4n) is 1.74. The second-order valence-corrected chi connectivity index (χ2v) is 3.98. The zero-order valence-electron chi connectivity index (χ0n) is 8.63. The summed E-state index contributed by atoms with van der Waals surface area (Å²) >= 11 is 0. The first-order valence-electron chi connectivity index (χ1n) is 5.32. The van der Waals surface area contributed by atoms with Gasteiger partial charge in [-0.3, -0.25) is 0 Å². The Morgan fingerprint density at radius 2 is 2.46 bits per heavy atom. The molecule has 0 heterocycles. The Bertz CT molecular complexity index is 172. The monoisotopic (exact) mass is 179 g/mol. The summed E-state index contributed by atoms with van der Waals surface area (Å²) in [6.45, 7) is 7.13. The van der Waals surface area contributed by atoms with E-state index in [1.807, 2.05) is 6.08 Å². The van der Waals surface area contributed by atoms with Crippen LogP contribution in [-0.4, -0.2) is 12.6 Å². The SMILES string of the molecule is C=CCC(C)NCC1CC=CCC1. The van der Waals surface area contributed by atoms with Crippen molar-refractivity contribution in [2.75, 3.05) is 6.54 Å². The molecule has 0 saturated heterocycles. The van der Waals surface area contributed by atoms with Crippen LogP contribution in [0, 0.1) is 5.92 Å². The summed E-state index contributed by atoms with van der Waals surface area (Å²) in [5, 5.41) is 3.55. The third kappa shape index (κ3) is 4.28. The fourth-order valence-corrected chi connectivity index (χ4v) is 1.74. The Balaban J connectivity index is 2.10. The molecule has 2 unspecified atom stereocenters. The largest absolute Gasteiger partial charge is 0.314 e. The molecule has 1 N–H and O–H groups in total. The highest BCUT2D eigenvalue weighted by atomic mass is 14.9. The molecule has 13 heavy (non-hydrogen) atoms. The van der Waals surface area contributed by atoms with Crippen LogP contribution in [0.5, 0.6) is 0 Å². The molecular weight excluding hydrogens is 158 g/mol. The number of rotatable bonds is 5. The molecule has 0 radical (unpaired) electrons. The molecular formula is C12H21N. The van der Waals surface area contributed by atoms with Crippen LogP contribution in [0.25, 0.3) is 0 Å². The van der Waals surface area contributed by atoms with E-state index in [1.165, 1.54) is 25.8 Å². The predicted molar refractivity (Wildman–Crippen MR) is 58.8 cm³/mol. The first kappa shape index (κ1) is 10.5. The molecule has 1 nitrogen and oxygen atoms in total. The van der Waals surface area contributed by atoms with Crippen LogP contribution >= 0.6 is 0 Å². The van der Waals surface area contributed by atoms with E-state index in [-0.39, 0.29) is 0 Å². The molecule has 1 aliphatic carbocycles. The van der Waals surface area contributed by atoms with Gasteiger partial charge in [-0.15, -0.1) is 6.58 Å². The lowest BCUT2D eigenvalue weighted by molar-refractivity contribution is 0.412. The molecule has 1 rings (SSSR count). The van der Waals surface area contributed by atoms with Crippen molar-refractivity contribution in [3.8, 4) is 0 Å². The van der Waals surface area contributed by atoms with E-state index in [9.17, 15) is 0 Å². The molecule has 0 saturated carbocycles. The minimum absolute atomic E-state index is 0.586.